The van der Waals surface area contributed by atoms with E-state index >= 15 is 0 Å². The SMILES string of the molecule is CC(=O)c1cccc(SCc2ccc(C(C)C)cc2)c1. The van der Waals surface area contributed by atoms with Crippen molar-refractivity contribution < 1.29 is 4.79 Å². The van der Waals surface area contributed by atoms with E-state index in [1.54, 1.807) is 18.7 Å². The van der Waals surface area contributed by atoms with Crippen LogP contribution in [0.15, 0.2) is 53.4 Å². The Morgan fingerprint density at radius 2 is 1.80 bits per heavy atom. The van der Waals surface area contributed by atoms with E-state index in [2.05, 4.69) is 44.2 Å². The van der Waals surface area contributed by atoms with E-state index in [9.17, 15) is 4.79 Å². The largest absolute Gasteiger partial charge is 0.295 e. The molecular formula is C18H20OS. The van der Waals surface area contributed by atoms with Crippen molar-refractivity contribution in [3.05, 3.63) is 65.2 Å². The normalized spacial score (nSPS) is 10.8. The van der Waals surface area contributed by atoms with Crippen molar-refractivity contribution in [2.45, 2.75) is 37.3 Å². The fraction of sp³-hybridized carbons (Fsp3) is 0.278. The lowest BCUT2D eigenvalue weighted by Gasteiger charge is -2.07. The molecule has 0 saturated carbocycles. The highest BCUT2D eigenvalue weighted by Gasteiger charge is 2.03. The molecule has 0 aromatic heterocycles. The fourth-order valence-electron chi connectivity index (χ4n) is 1.97. The van der Waals surface area contributed by atoms with E-state index in [1.807, 2.05) is 18.2 Å². The van der Waals surface area contributed by atoms with Crippen LogP contribution in [0.3, 0.4) is 0 Å². The van der Waals surface area contributed by atoms with Gasteiger partial charge in [-0.1, -0.05) is 50.2 Å². The first-order valence-electron chi connectivity index (χ1n) is 6.89. The first kappa shape index (κ1) is 14.9. The smallest absolute Gasteiger partial charge is 0.159 e. The van der Waals surface area contributed by atoms with Crippen molar-refractivity contribution in [1.82, 2.24) is 0 Å². The van der Waals surface area contributed by atoms with Gasteiger partial charge < -0.3 is 0 Å². The molecule has 0 atom stereocenters. The van der Waals surface area contributed by atoms with E-state index in [0.717, 1.165) is 16.2 Å². The molecule has 0 spiro atoms. The highest BCUT2D eigenvalue weighted by molar-refractivity contribution is 7.98. The Bertz CT molecular complexity index is 585. The lowest BCUT2D eigenvalue weighted by Crippen LogP contribution is -1.91. The highest BCUT2D eigenvalue weighted by atomic mass is 32.2. The maximum atomic E-state index is 11.4. The fourth-order valence-corrected chi connectivity index (χ4v) is 2.88. The molecule has 0 fully saturated rings. The first-order chi connectivity index (χ1) is 9.56. The van der Waals surface area contributed by atoms with Crippen LogP contribution in [0.1, 0.15) is 48.2 Å². The van der Waals surface area contributed by atoms with Crippen LogP contribution in [0.25, 0.3) is 0 Å². The molecule has 0 aliphatic rings. The molecule has 0 N–H and O–H groups in total. The summed E-state index contributed by atoms with van der Waals surface area (Å²) >= 11 is 1.77. The van der Waals surface area contributed by atoms with Gasteiger partial charge in [-0.3, -0.25) is 4.79 Å². The van der Waals surface area contributed by atoms with Crippen LogP contribution in [0.5, 0.6) is 0 Å². The van der Waals surface area contributed by atoms with Crippen molar-refractivity contribution in [3.63, 3.8) is 0 Å². The number of thioether (sulfide) groups is 1. The number of benzene rings is 2. The minimum Gasteiger partial charge on any atom is -0.295 e. The van der Waals surface area contributed by atoms with Gasteiger partial charge in [-0.05, 0) is 36.1 Å². The summed E-state index contributed by atoms with van der Waals surface area (Å²) in [5.41, 5.74) is 3.47. The molecule has 104 valence electrons. The van der Waals surface area contributed by atoms with Gasteiger partial charge in [0, 0.05) is 16.2 Å². The van der Waals surface area contributed by atoms with Crippen molar-refractivity contribution in [2.75, 3.05) is 0 Å². The molecule has 0 bridgehead atoms. The molecule has 20 heavy (non-hydrogen) atoms. The zero-order chi connectivity index (χ0) is 14.5. The number of hydrogen-bond acceptors (Lipinski definition) is 2. The van der Waals surface area contributed by atoms with Crippen molar-refractivity contribution in [1.29, 1.82) is 0 Å². The monoisotopic (exact) mass is 284 g/mol. The number of ketones is 1. The Morgan fingerprint density at radius 1 is 1.10 bits per heavy atom. The van der Waals surface area contributed by atoms with Gasteiger partial charge in [0.15, 0.2) is 5.78 Å². The first-order valence-corrected chi connectivity index (χ1v) is 7.87. The lowest BCUT2D eigenvalue weighted by molar-refractivity contribution is 0.101. The van der Waals surface area contributed by atoms with E-state index in [-0.39, 0.29) is 5.78 Å². The maximum Gasteiger partial charge on any atom is 0.159 e. The second kappa shape index (κ2) is 6.76. The molecular weight excluding hydrogens is 264 g/mol. The average molecular weight is 284 g/mol. The second-order valence-electron chi connectivity index (χ2n) is 5.27. The zero-order valence-corrected chi connectivity index (χ0v) is 13.0. The van der Waals surface area contributed by atoms with Crippen LogP contribution < -0.4 is 0 Å². The molecule has 2 aromatic carbocycles. The van der Waals surface area contributed by atoms with Crippen LogP contribution in [0.2, 0.25) is 0 Å². The van der Waals surface area contributed by atoms with Gasteiger partial charge in [0.05, 0.1) is 0 Å². The summed E-state index contributed by atoms with van der Waals surface area (Å²) in [5, 5.41) is 0. The third kappa shape index (κ3) is 3.97. The van der Waals surface area contributed by atoms with Gasteiger partial charge in [-0.15, -0.1) is 11.8 Å². The van der Waals surface area contributed by atoms with Gasteiger partial charge in [0.1, 0.15) is 0 Å². The van der Waals surface area contributed by atoms with E-state index in [0.29, 0.717) is 5.92 Å². The zero-order valence-electron chi connectivity index (χ0n) is 12.2. The molecule has 0 radical (unpaired) electrons. The molecule has 0 saturated heterocycles. The molecule has 0 unspecified atom stereocenters. The summed E-state index contributed by atoms with van der Waals surface area (Å²) in [4.78, 5) is 12.5. The summed E-state index contributed by atoms with van der Waals surface area (Å²) in [5.74, 6) is 1.62. The van der Waals surface area contributed by atoms with Gasteiger partial charge in [0.2, 0.25) is 0 Å². The number of rotatable bonds is 5. The van der Waals surface area contributed by atoms with Crippen LogP contribution in [0, 0.1) is 0 Å². The minimum atomic E-state index is 0.119. The Balaban J connectivity index is 2.01. The summed E-state index contributed by atoms with van der Waals surface area (Å²) < 4.78 is 0. The summed E-state index contributed by atoms with van der Waals surface area (Å²) in [7, 11) is 0. The van der Waals surface area contributed by atoms with Crippen molar-refractivity contribution in [2.24, 2.45) is 0 Å². The summed E-state index contributed by atoms with van der Waals surface area (Å²) in [6.45, 7) is 6.02. The van der Waals surface area contributed by atoms with Gasteiger partial charge in [0.25, 0.3) is 0 Å². The van der Waals surface area contributed by atoms with Crippen LogP contribution in [-0.2, 0) is 5.75 Å². The topological polar surface area (TPSA) is 17.1 Å². The summed E-state index contributed by atoms with van der Waals surface area (Å²) in [6, 6.07) is 16.6. The summed E-state index contributed by atoms with van der Waals surface area (Å²) in [6.07, 6.45) is 0. The Hall–Kier alpha value is -1.54. The predicted octanol–water partition coefficient (Wildman–Crippen LogP) is 5.30. The molecule has 0 amide bonds. The maximum absolute atomic E-state index is 11.4. The van der Waals surface area contributed by atoms with E-state index in [1.165, 1.54) is 11.1 Å². The van der Waals surface area contributed by atoms with Crippen molar-refractivity contribution >= 4 is 17.5 Å². The number of hydrogen-bond donors (Lipinski definition) is 0. The standard InChI is InChI=1S/C18H20OS/c1-13(2)16-9-7-15(8-10-16)12-20-18-6-4-5-17(11-18)14(3)19/h4-11,13H,12H2,1-3H3. The Morgan fingerprint density at radius 3 is 2.40 bits per heavy atom. The number of carbonyl (C=O) groups excluding carboxylic acids is 1. The average Bonchev–Trinajstić information content (AvgIpc) is 2.46. The minimum absolute atomic E-state index is 0.119. The Labute approximate surface area is 125 Å². The molecule has 2 heteroatoms. The van der Waals surface area contributed by atoms with Crippen LogP contribution >= 0.6 is 11.8 Å². The molecule has 2 rings (SSSR count). The van der Waals surface area contributed by atoms with Crippen LogP contribution in [0.4, 0.5) is 0 Å². The molecule has 2 aromatic rings. The van der Waals surface area contributed by atoms with Crippen LogP contribution in [-0.4, -0.2) is 5.78 Å². The predicted molar refractivity (Wildman–Crippen MR) is 86.5 cm³/mol. The Kier molecular flexibility index (Phi) is 5.02. The van der Waals surface area contributed by atoms with Crippen molar-refractivity contribution in [3.8, 4) is 0 Å². The molecule has 0 heterocycles. The molecule has 0 aliphatic heterocycles. The van der Waals surface area contributed by atoms with Gasteiger partial charge in [-0.2, -0.15) is 0 Å². The molecule has 1 nitrogen and oxygen atoms in total. The third-order valence-corrected chi connectivity index (χ3v) is 4.36. The van der Waals surface area contributed by atoms with Gasteiger partial charge in [-0.25, -0.2) is 0 Å². The number of Topliss-reactive ketones (excluding diaryl/α,β-unsaturated/α-hetero) is 1. The third-order valence-electron chi connectivity index (χ3n) is 3.29. The number of carbonyl (C=O) groups is 1. The molecule has 0 aliphatic carbocycles. The highest BCUT2D eigenvalue weighted by Crippen LogP contribution is 2.24. The van der Waals surface area contributed by atoms with E-state index in [4.69, 9.17) is 0 Å². The quantitative estimate of drug-likeness (QED) is 0.547. The van der Waals surface area contributed by atoms with E-state index < -0.39 is 0 Å². The van der Waals surface area contributed by atoms with Gasteiger partial charge >= 0.3 is 0 Å². The second-order valence-corrected chi connectivity index (χ2v) is 6.32. The lowest BCUT2D eigenvalue weighted by atomic mass is 10.0.